The normalized spacial score (nSPS) is 17.9. The lowest BCUT2D eigenvalue weighted by atomic mass is 9.95. The summed E-state index contributed by atoms with van der Waals surface area (Å²) in [5.41, 5.74) is 0.735. The van der Waals surface area contributed by atoms with Gasteiger partial charge in [0, 0.05) is 0 Å². The Morgan fingerprint density at radius 2 is 1.81 bits per heavy atom. The SMILES string of the molecule is COc1ccc(C2=COC(C)(C)C2=O)cc1. The fourth-order valence-electron chi connectivity index (χ4n) is 1.61. The average Bonchev–Trinajstić information content (AvgIpc) is 2.55. The van der Waals surface area contributed by atoms with Crippen molar-refractivity contribution < 1.29 is 14.3 Å². The molecule has 1 aliphatic heterocycles. The summed E-state index contributed by atoms with van der Waals surface area (Å²) in [6.07, 6.45) is 1.53. The number of carbonyl (C=O) groups is 1. The van der Waals surface area contributed by atoms with E-state index in [-0.39, 0.29) is 5.78 Å². The number of ketones is 1. The summed E-state index contributed by atoms with van der Waals surface area (Å²) in [5.74, 6) is 0.785. The minimum absolute atomic E-state index is 0.0117. The zero-order chi connectivity index (χ0) is 11.8. The first-order valence-electron chi connectivity index (χ1n) is 5.12. The Balaban J connectivity index is 2.29. The molecule has 0 unspecified atom stereocenters. The van der Waals surface area contributed by atoms with Crippen LogP contribution < -0.4 is 4.74 Å². The maximum absolute atomic E-state index is 12.0. The van der Waals surface area contributed by atoms with E-state index in [4.69, 9.17) is 9.47 Å². The molecular weight excluding hydrogens is 204 g/mol. The van der Waals surface area contributed by atoms with Gasteiger partial charge in [-0.2, -0.15) is 0 Å². The van der Waals surface area contributed by atoms with E-state index in [2.05, 4.69) is 0 Å². The van der Waals surface area contributed by atoms with E-state index in [1.54, 1.807) is 21.0 Å². The van der Waals surface area contributed by atoms with Gasteiger partial charge in [-0.15, -0.1) is 0 Å². The standard InChI is InChI=1S/C13H14O3/c1-13(2)12(14)11(8-16-13)9-4-6-10(15-3)7-5-9/h4-8H,1-3H3. The van der Waals surface area contributed by atoms with E-state index >= 15 is 0 Å². The predicted molar refractivity (Wildman–Crippen MR) is 61.1 cm³/mol. The fourth-order valence-corrected chi connectivity index (χ4v) is 1.61. The lowest BCUT2D eigenvalue weighted by molar-refractivity contribution is -0.125. The Morgan fingerprint density at radius 3 is 2.25 bits per heavy atom. The third-order valence-corrected chi connectivity index (χ3v) is 2.66. The maximum Gasteiger partial charge on any atom is 0.209 e. The van der Waals surface area contributed by atoms with Crippen molar-refractivity contribution in [1.82, 2.24) is 0 Å². The molecule has 0 radical (unpaired) electrons. The molecular formula is C13H14O3. The van der Waals surface area contributed by atoms with Gasteiger partial charge in [-0.3, -0.25) is 4.79 Å². The van der Waals surface area contributed by atoms with Crippen molar-refractivity contribution in [1.29, 1.82) is 0 Å². The second-order valence-electron chi connectivity index (χ2n) is 4.22. The molecule has 1 aromatic rings. The van der Waals surface area contributed by atoms with Gasteiger partial charge >= 0.3 is 0 Å². The molecule has 1 heterocycles. The van der Waals surface area contributed by atoms with Gasteiger partial charge in [0.05, 0.1) is 18.9 Å². The lowest BCUT2D eigenvalue weighted by Gasteiger charge is -2.15. The van der Waals surface area contributed by atoms with E-state index in [9.17, 15) is 4.79 Å². The molecule has 0 amide bonds. The zero-order valence-electron chi connectivity index (χ0n) is 9.61. The minimum Gasteiger partial charge on any atom is -0.497 e. The van der Waals surface area contributed by atoms with Crippen LogP contribution in [0.25, 0.3) is 5.57 Å². The summed E-state index contributed by atoms with van der Waals surface area (Å²) >= 11 is 0. The Hall–Kier alpha value is -1.77. The highest BCUT2D eigenvalue weighted by molar-refractivity contribution is 6.25. The first kappa shape index (κ1) is 10.7. The minimum atomic E-state index is -0.741. The summed E-state index contributed by atoms with van der Waals surface area (Å²) in [7, 11) is 1.61. The molecule has 1 aromatic carbocycles. The summed E-state index contributed by atoms with van der Waals surface area (Å²) < 4.78 is 10.4. The molecule has 0 spiro atoms. The summed E-state index contributed by atoms with van der Waals surface area (Å²) in [4.78, 5) is 12.0. The quantitative estimate of drug-likeness (QED) is 0.764. The molecule has 0 atom stereocenters. The molecule has 2 rings (SSSR count). The Bertz CT molecular complexity index is 441. The molecule has 16 heavy (non-hydrogen) atoms. The topological polar surface area (TPSA) is 35.5 Å². The van der Waals surface area contributed by atoms with Crippen LogP contribution in [0.2, 0.25) is 0 Å². The van der Waals surface area contributed by atoms with Crippen molar-refractivity contribution in [3.8, 4) is 5.75 Å². The fraction of sp³-hybridized carbons (Fsp3) is 0.308. The molecule has 0 aromatic heterocycles. The molecule has 0 bridgehead atoms. The van der Waals surface area contributed by atoms with Gasteiger partial charge in [-0.05, 0) is 31.5 Å². The van der Waals surface area contributed by atoms with E-state index in [0.29, 0.717) is 5.57 Å². The highest BCUT2D eigenvalue weighted by atomic mass is 16.5. The predicted octanol–water partition coefficient (Wildman–Crippen LogP) is 2.41. The largest absolute Gasteiger partial charge is 0.497 e. The lowest BCUT2D eigenvalue weighted by Crippen LogP contribution is -2.28. The molecule has 0 aliphatic carbocycles. The third-order valence-electron chi connectivity index (χ3n) is 2.66. The number of hydrogen-bond acceptors (Lipinski definition) is 3. The molecule has 3 heteroatoms. The monoisotopic (exact) mass is 218 g/mol. The van der Waals surface area contributed by atoms with Crippen molar-refractivity contribution in [2.75, 3.05) is 7.11 Å². The molecule has 0 fully saturated rings. The van der Waals surface area contributed by atoms with Gasteiger partial charge in [-0.1, -0.05) is 12.1 Å². The molecule has 84 valence electrons. The van der Waals surface area contributed by atoms with Gasteiger partial charge in [0.25, 0.3) is 0 Å². The van der Waals surface area contributed by atoms with Gasteiger partial charge in [0.1, 0.15) is 5.75 Å². The van der Waals surface area contributed by atoms with E-state index in [1.807, 2.05) is 24.3 Å². The van der Waals surface area contributed by atoms with Crippen LogP contribution in [0.3, 0.4) is 0 Å². The Labute approximate surface area is 94.7 Å². The van der Waals surface area contributed by atoms with Crippen molar-refractivity contribution in [2.45, 2.75) is 19.4 Å². The smallest absolute Gasteiger partial charge is 0.209 e. The number of Topliss-reactive ketones (excluding diaryl/α,β-unsaturated/α-hetero) is 1. The van der Waals surface area contributed by atoms with Gasteiger partial charge < -0.3 is 9.47 Å². The number of rotatable bonds is 2. The van der Waals surface area contributed by atoms with Crippen molar-refractivity contribution >= 4 is 11.4 Å². The van der Waals surface area contributed by atoms with Crippen LogP contribution in [0.15, 0.2) is 30.5 Å². The van der Waals surface area contributed by atoms with E-state index < -0.39 is 5.60 Å². The highest BCUT2D eigenvalue weighted by Gasteiger charge is 2.37. The molecule has 0 N–H and O–H groups in total. The number of methoxy groups -OCH3 is 1. The average molecular weight is 218 g/mol. The summed E-state index contributed by atoms with van der Waals surface area (Å²) in [6.45, 7) is 3.53. The third kappa shape index (κ3) is 1.69. The number of carbonyl (C=O) groups excluding carboxylic acids is 1. The molecule has 0 saturated heterocycles. The molecule has 0 saturated carbocycles. The van der Waals surface area contributed by atoms with Gasteiger partial charge in [0.15, 0.2) is 5.60 Å². The first-order valence-corrected chi connectivity index (χ1v) is 5.12. The van der Waals surface area contributed by atoms with Crippen molar-refractivity contribution in [3.63, 3.8) is 0 Å². The van der Waals surface area contributed by atoms with E-state index in [1.165, 1.54) is 6.26 Å². The van der Waals surface area contributed by atoms with Crippen LogP contribution in [-0.2, 0) is 9.53 Å². The van der Waals surface area contributed by atoms with Crippen LogP contribution in [0.1, 0.15) is 19.4 Å². The Kier molecular flexibility index (Phi) is 2.46. The Morgan fingerprint density at radius 1 is 1.19 bits per heavy atom. The maximum atomic E-state index is 12.0. The highest BCUT2D eigenvalue weighted by Crippen LogP contribution is 2.31. The van der Waals surface area contributed by atoms with Crippen LogP contribution in [-0.4, -0.2) is 18.5 Å². The number of benzene rings is 1. The van der Waals surface area contributed by atoms with Gasteiger partial charge in [-0.25, -0.2) is 0 Å². The van der Waals surface area contributed by atoms with Crippen molar-refractivity contribution in [3.05, 3.63) is 36.1 Å². The van der Waals surface area contributed by atoms with Gasteiger partial charge in [0.2, 0.25) is 5.78 Å². The molecule has 3 nitrogen and oxygen atoms in total. The van der Waals surface area contributed by atoms with E-state index in [0.717, 1.165) is 11.3 Å². The zero-order valence-corrected chi connectivity index (χ0v) is 9.61. The van der Waals surface area contributed by atoms with Crippen molar-refractivity contribution in [2.24, 2.45) is 0 Å². The first-order chi connectivity index (χ1) is 7.54. The summed E-state index contributed by atoms with van der Waals surface area (Å²) in [6, 6.07) is 7.37. The van der Waals surface area contributed by atoms with Crippen LogP contribution in [0, 0.1) is 0 Å². The number of ether oxygens (including phenoxy) is 2. The second-order valence-corrected chi connectivity index (χ2v) is 4.22. The summed E-state index contributed by atoms with van der Waals surface area (Å²) in [5, 5.41) is 0. The van der Waals surface area contributed by atoms with Crippen LogP contribution in [0.4, 0.5) is 0 Å². The van der Waals surface area contributed by atoms with Crippen LogP contribution >= 0.6 is 0 Å². The number of hydrogen-bond donors (Lipinski definition) is 0. The van der Waals surface area contributed by atoms with Crippen LogP contribution in [0.5, 0.6) is 5.75 Å². The molecule has 1 aliphatic rings. The second kappa shape index (κ2) is 3.67.